The molecule has 0 spiro atoms. The molecule has 150 valence electrons. The van der Waals surface area contributed by atoms with E-state index in [-0.39, 0.29) is 18.0 Å². The van der Waals surface area contributed by atoms with Gasteiger partial charge in [0.2, 0.25) is 5.91 Å². The minimum atomic E-state index is -0.0259. The molecule has 5 nitrogen and oxygen atoms in total. The number of amides is 1. The first-order valence-electron chi connectivity index (χ1n) is 10.0. The fraction of sp³-hybridized carbons (Fsp3) is 0.292. The van der Waals surface area contributed by atoms with E-state index in [0.29, 0.717) is 6.54 Å². The maximum Gasteiger partial charge on any atom is 0.234 e. The van der Waals surface area contributed by atoms with E-state index in [1.54, 1.807) is 7.11 Å². The van der Waals surface area contributed by atoms with E-state index in [1.807, 2.05) is 55.5 Å². The van der Waals surface area contributed by atoms with Gasteiger partial charge < -0.3 is 14.6 Å². The number of hydrogen-bond acceptors (Lipinski definition) is 3. The number of methoxy groups -OCH3 is 1. The summed E-state index contributed by atoms with van der Waals surface area (Å²) in [6.45, 7) is 4.03. The third kappa shape index (κ3) is 4.05. The third-order valence-corrected chi connectivity index (χ3v) is 5.60. The fourth-order valence-corrected chi connectivity index (χ4v) is 4.15. The largest absolute Gasteiger partial charge is 0.496 e. The van der Waals surface area contributed by atoms with Gasteiger partial charge in [0.05, 0.1) is 25.7 Å². The van der Waals surface area contributed by atoms with E-state index in [9.17, 15) is 4.79 Å². The molecule has 2 unspecified atom stereocenters. The highest BCUT2D eigenvalue weighted by atomic mass is 16.5. The molecular formula is C24H27N3O2. The average Bonchev–Trinajstić information content (AvgIpc) is 3.23. The third-order valence-electron chi connectivity index (χ3n) is 5.60. The Morgan fingerprint density at radius 3 is 2.62 bits per heavy atom. The molecule has 4 rings (SSSR count). The smallest absolute Gasteiger partial charge is 0.234 e. The number of fused-ring (bicyclic) bond motifs is 1. The molecule has 1 amide bonds. The van der Waals surface area contributed by atoms with E-state index < -0.39 is 0 Å². The SMILES string of the molecule is COc1ccccc1C1c2cccn2CCN1CC(=O)NC(C)c1ccccc1. The molecule has 1 aliphatic rings. The first kappa shape index (κ1) is 19.3. The summed E-state index contributed by atoms with van der Waals surface area (Å²) in [5.41, 5.74) is 3.37. The Balaban J connectivity index is 1.56. The van der Waals surface area contributed by atoms with Crippen molar-refractivity contribution in [1.82, 2.24) is 14.8 Å². The number of benzene rings is 2. The number of para-hydroxylation sites is 1. The quantitative estimate of drug-likeness (QED) is 0.698. The van der Waals surface area contributed by atoms with Crippen LogP contribution in [0.15, 0.2) is 72.9 Å². The van der Waals surface area contributed by atoms with E-state index in [1.165, 1.54) is 5.69 Å². The highest BCUT2D eigenvalue weighted by molar-refractivity contribution is 5.78. The van der Waals surface area contributed by atoms with Crippen molar-refractivity contribution in [2.45, 2.75) is 25.6 Å². The molecule has 29 heavy (non-hydrogen) atoms. The van der Waals surface area contributed by atoms with Crippen molar-refractivity contribution in [1.29, 1.82) is 0 Å². The number of rotatable bonds is 6. The van der Waals surface area contributed by atoms with Gasteiger partial charge in [-0.15, -0.1) is 0 Å². The summed E-state index contributed by atoms with van der Waals surface area (Å²) in [6.07, 6.45) is 2.10. The zero-order valence-electron chi connectivity index (χ0n) is 16.9. The van der Waals surface area contributed by atoms with Gasteiger partial charge in [0, 0.05) is 30.5 Å². The van der Waals surface area contributed by atoms with Gasteiger partial charge in [-0.2, -0.15) is 0 Å². The predicted octanol–water partition coefficient (Wildman–Crippen LogP) is 3.78. The second kappa shape index (κ2) is 8.53. The van der Waals surface area contributed by atoms with E-state index in [2.05, 4.69) is 39.2 Å². The maximum absolute atomic E-state index is 12.9. The van der Waals surface area contributed by atoms with Crippen LogP contribution in [0.4, 0.5) is 0 Å². The summed E-state index contributed by atoms with van der Waals surface area (Å²) >= 11 is 0. The van der Waals surface area contributed by atoms with E-state index >= 15 is 0 Å². The molecule has 3 aromatic rings. The number of carbonyl (C=O) groups is 1. The van der Waals surface area contributed by atoms with Gasteiger partial charge in [-0.05, 0) is 30.7 Å². The number of carbonyl (C=O) groups excluding carboxylic acids is 1. The van der Waals surface area contributed by atoms with Crippen LogP contribution in [0.25, 0.3) is 0 Å². The van der Waals surface area contributed by atoms with Gasteiger partial charge in [0.1, 0.15) is 5.75 Å². The molecule has 0 fully saturated rings. The van der Waals surface area contributed by atoms with Crippen LogP contribution in [0.2, 0.25) is 0 Å². The molecule has 1 aromatic heterocycles. The molecule has 0 bridgehead atoms. The molecular weight excluding hydrogens is 362 g/mol. The normalized spacial score (nSPS) is 17.4. The Labute approximate surface area is 171 Å². The molecule has 5 heteroatoms. The summed E-state index contributed by atoms with van der Waals surface area (Å²) in [5.74, 6) is 0.872. The lowest BCUT2D eigenvalue weighted by Crippen LogP contribution is -2.44. The summed E-state index contributed by atoms with van der Waals surface area (Å²) in [5, 5.41) is 3.14. The Bertz CT molecular complexity index is 967. The first-order chi connectivity index (χ1) is 14.2. The average molecular weight is 389 g/mol. The van der Waals surface area contributed by atoms with Crippen molar-refractivity contribution in [3.05, 3.63) is 89.7 Å². The Kier molecular flexibility index (Phi) is 5.67. The lowest BCUT2D eigenvalue weighted by atomic mass is 9.98. The highest BCUT2D eigenvalue weighted by Crippen LogP contribution is 2.36. The second-order valence-electron chi connectivity index (χ2n) is 7.44. The van der Waals surface area contributed by atoms with Crippen molar-refractivity contribution in [3.8, 4) is 5.75 Å². The molecule has 2 atom stereocenters. The van der Waals surface area contributed by atoms with Crippen LogP contribution in [0, 0.1) is 0 Å². The predicted molar refractivity (Wildman–Crippen MR) is 114 cm³/mol. The van der Waals surface area contributed by atoms with Crippen LogP contribution >= 0.6 is 0 Å². The van der Waals surface area contributed by atoms with Gasteiger partial charge >= 0.3 is 0 Å². The van der Waals surface area contributed by atoms with Gasteiger partial charge in [0.15, 0.2) is 0 Å². The Morgan fingerprint density at radius 1 is 1.07 bits per heavy atom. The lowest BCUT2D eigenvalue weighted by molar-refractivity contribution is -0.123. The van der Waals surface area contributed by atoms with Crippen molar-refractivity contribution in [3.63, 3.8) is 0 Å². The molecule has 0 saturated carbocycles. The standard InChI is InChI=1S/C24H27N3O2/c1-18(19-9-4-3-5-10-19)25-23(28)17-27-16-15-26-14-8-12-21(26)24(27)20-11-6-7-13-22(20)29-2/h3-14,18,24H,15-17H2,1-2H3,(H,25,28). The summed E-state index contributed by atoms with van der Waals surface area (Å²) < 4.78 is 7.89. The van der Waals surface area contributed by atoms with Gasteiger partial charge in [-0.1, -0.05) is 48.5 Å². The minimum absolute atomic E-state index is 0.0207. The first-order valence-corrected chi connectivity index (χ1v) is 10.0. The molecule has 2 heterocycles. The van der Waals surface area contributed by atoms with Crippen LogP contribution in [-0.4, -0.2) is 35.6 Å². The fourth-order valence-electron chi connectivity index (χ4n) is 4.15. The zero-order chi connectivity index (χ0) is 20.2. The van der Waals surface area contributed by atoms with E-state index in [4.69, 9.17) is 4.74 Å². The Hall–Kier alpha value is -3.05. The van der Waals surface area contributed by atoms with Crippen molar-refractivity contribution < 1.29 is 9.53 Å². The summed E-state index contributed by atoms with van der Waals surface area (Å²) in [4.78, 5) is 15.1. The monoisotopic (exact) mass is 389 g/mol. The number of nitrogens with one attached hydrogen (secondary N) is 1. The van der Waals surface area contributed by atoms with Crippen LogP contribution in [-0.2, 0) is 11.3 Å². The van der Waals surface area contributed by atoms with Crippen molar-refractivity contribution in [2.75, 3.05) is 20.2 Å². The Morgan fingerprint density at radius 2 is 1.83 bits per heavy atom. The highest BCUT2D eigenvalue weighted by Gasteiger charge is 2.32. The number of ether oxygens (including phenoxy) is 1. The van der Waals surface area contributed by atoms with Crippen LogP contribution in [0.3, 0.4) is 0 Å². The maximum atomic E-state index is 12.9. The van der Waals surface area contributed by atoms with Crippen molar-refractivity contribution >= 4 is 5.91 Å². The van der Waals surface area contributed by atoms with Crippen LogP contribution < -0.4 is 10.1 Å². The van der Waals surface area contributed by atoms with Gasteiger partial charge in [-0.3, -0.25) is 9.69 Å². The van der Waals surface area contributed by atoms with Crippen LogP contribution in [0.5, 0.6) is 5.75 Å². The summed E-state index contributed by atoms with van der Waals surface area (Å²) in [7, 11) is 1.69. The number of nitrogens with zero attached hydrogens (tertiary/aromatic N) is 2. The van der Waals surface area contributed by atoms with Gasteiger partial charge in [0.25, 0.3) is 0 Å². The van der Waals surface area contributed by atoms with Crippen LogP contribution in [0.1, 0.15) is 35.8 Å². The van der Waals surface area contributed by atoms with Gasteiger partial charge in [-0.25, -0.2) is 0 Å². The second-order valence-corrected chi connectivity index (χ2v) is 7.44. The summed E-state index contributed by atoms with van der Waals surface area (Å²) in [6, 6.07) is 22.3. The molecule has 0 aliphatic carbocycles. The minimum Gasteiger partial charge on any atom is -0.496 e. The molecule has 1 N–H and O–H groups in total. The number of aromatic nitrogens is 1. The lowest BCUT2D eigenvalue weighted by Gasteiger charge is -2.37. The molecule has 0 radical (unpaired) electrons. The van der Waals surface area contributed by atoms with Crippen molar-refractivity contribution in [2.24, 2.45) is 0 Å². The molecule has 0 saturated heterocycles. The topological polar surface area (TPSA) is 46.5 Å². The zero-order valence-corrected chi connectivity index (χ0v) is 16.9. The molecule has 2 aromatic carbocycles. The van der Waals surface area contributed by atoms with E-state index in [0.717, 1.165) is 30.0 Å². The molecule has 1 aliphatic heterocycles. The number of hydrogen-bond donors (Lipinski definition) is 1.